The number of carboxylic acid groups (broad SMARTS) is 1. The number of carbonyl (C=O) groups excluding carboxylic acids is 1. The highest BCUT2D eigenvalue weighted by atomic mass is 35.5. The quantitative estimate of drug-likeness (QED) is 0.855. The summed E-state index contributed by atoms with van der Waals surface area (Å²) in [7, 11) is 0. The smallest absolute Gasteiger partial charge is 0.335 e. The van der Waals surface area contributed by atoms with Gasteiger partial charge in [0.05, 0.1) is 18.6 Å². The van der Waals surface area contributed by atoms with E-state index in [-0.39, 0.29) is 24.5 Å². The van der Waals surface area contributed by atoms with Gasteiger partial charge in [0, 0.05) is 10.7 Å². The Bertz CT molecular complexity index is 670. The van der Waals surface area contributed by atoms with E-state index in [1.54, 1.807) is 36.4 Å². The third kappa shape index (κ3) is 4.79. The first-order valence-corrected chi connectivity index (χ1v) is 6.94. The molecule has 0 saturated carbocycles. The van der Waals surface area contributed by atoms with Crippen LogP contribution >= 0.6 is 11.6 Å². The minimum Gasteiger partial charge on any atom is -0.493 e. The molecule has 0 saturated heterocycles. The van der Waals surface area contributed by atoms with Crippen molar-refractivity contribution in [1.82, 2.24) is 0 Å². The van der Waals surface area contributed by atoms with Crippen LogP contribution in [0.4, 0.5) is 5.69 Å². The summed E-state index contributed by atoms with van der Waals surface area (Å²) in [5.41, 5.74) is 0.562. The standard InChI is InChI=1S/C16H14ClNO4/c17-12-4-6-14(7-5-12)22-9-8-15(19)18-13-3-1-2-11(10-13)16(20)21/h1-7,10H,8-9H2,(H,18,19)(H,20,21). The Morgan fingerprint density at radius 2 is 1.86 bits per heavy atom. The van der Waals surface area contributed by atoms with E-state index in [9.17, 15) is 9.59 Å². The van der Waals surface area contributed by atoms with Crippen LogP contribution in [0.1, 0.15) is 16.8 Å². The Labute approximate surface area is 132 Å². The molecule has 0 aliphatic rings. The first-order valence-electron chi connectivity index (χ1n) is 6.56. The molecule has 0 aliphatic carbocycles. The molecule has 22 heavy (non-hydrogen) atoms. The second-order valence-corrected chi connectivity index (χ2v) is 4.92. The van der Waals surface area contributed by atoms with Gasteiger partial charge < -0.3 is 15.2 Å². The molecule has 0 heterocycles. The van der Waals surface area contributed by atoms with E-state index in [1.807, 2.05) is 0 Å². The van der Waals surface area contributed by atoms with Gasteiger partial charge in [-0.25, -0.2) is 4.79 Å². The van der Waals surface area contributed by atoms with Crippen molar-refractivity contribution in [3.63, 3.8) is 0 Å². The number of carbonyl (C=O) groups is 2. The van der Waals surface area contributed by atoms with Crippen LogP contribution in [-0.2, 0) is 4.79 Å². The number of anilines is 1. The highest BCUT2D eigenvalue weighted by Gasteiger charge is 2.06. The Morgan fingerprint density at radius 3 is 2.55 bits per heavy atom. The average Bonchev–Trinajstić information content (AvgIpc) is 2.49. The largest absolute Gasteiger partial charge is 0.493 e. The van der Waals surface area contributed by atoms with Gasteiger partial charge in [-0.1, -0.05) is 17.7 Å². The fraction of sp³-hybridized carbons (Fsp3) is 0.125. The summed E-state index contributed by atoms with van der Waals surface area (Å²) >= 11 is 5.76. The zero-order valence-electron chi connectivity index (χ0n) is 11.6. The van der Waals surface area contributed by atoms with Gasteiger partial charge in [0.25, 0.3) is 0 Å². The van der Waals surface area contributed by atoms with Gasteiger partial charge in [0.2, 0.25) is 5.91 Å². The molecule has 0 unspecified atom stereocenters. The van der Waals surface area contributed by atoms with E-state index in [2.05, 4.69) is 5.32 Å². The Hall–Kier alpha value is -2.53. The second kappa shape index (κ2) is 7.47. The summed E-state index contributed by atoms with van der Waals surface area (Å²) in [4.78, 5) is 22.6. The van der Waals surface area contributed by atoms with Crippen LogP contribution in [0.15, 0.2) is 48.5 Å². The van der Waals surface area contributed by atoms with Crippen molar-refractivity contribution in [2.75, 3.05) is 11.9 Å². The Kier molecular flexibility index (Phi) is 5.38. The molecule has 5 nitrogen and oxygen atoms in total. The molecular weight excluding hydrogens is 306 g/mol. The van der Waals surface area contributed by atoms with Crippen LogP contribution < -0.4 is 10.1 Å². The number of ether oxygens (including phenoxy) is 1. The highest BCUT2D eigenvalue weighted by Crippen LogP contribution is 2.16. The topological polar surface area (TPSA) is 75.6 Å². The lowest BCUT2D eigenvalue weighted by Gasteiger charge is -2.08. The predicted octanol–water partition coefficient (Wildman–Crippen LogP) is 3.45. The van der Waals surface area contributed by atoms with Crippen molar-refractivity contribution in [3.8, 4) is 5.75 Å². The molecule has 0 spiro atoms. The normalized spacial score (nSPS) is 10.0. The van der Waals surface area contributed by atoms with Crippen molar-refractivity contribution < 1.29 is 19.4 Å². The molecule has 114 valence electrons. The number of hydrogen-bond donors (Lipinski definition) is 2. The van der Waals surface area contributed by atoms with Crippen molar-refractivity contribution in [2.45, 2.75) is 6.42 Å². The average molecular weight is 320 g/mol. The fourth-order valence-electron chi connectivity index (χ4n) is 1.75. The molecular formula is C16H14ClNO4. The molecule has 0 radical (unpaired) electrons. The lowest BCUT2D eigenvalue weighted by molar-refractivity contribution is -0.116. The van der Waals surface area contributed by atoms with Crippen LogP contribution in [0.5, 0.6) is 5.75 Å². The lowest BCUT2D eigenvalue weighted by Crippen LogP contribution is -2.15. The zero-order valence-corrected chi connectivity index (χ0v) is 12.3. The summed E-state index contributed by atoms with van der Waals surface area (Å²) in [5, 5.41) is 12.1. The number of nitrogens with one attached hydrogen (secondary N) is 1. The molecule has 2 rings (SSSR count). The van der Waals surface area contributed by atoms with E-state index in [4.69, 9.17) is 21.4 Å². The van der Waals surface area contributed by atoms with E-state index in [1.165, 1.54) is 12.1 Å². The number of hydrogen-bond acceptors (Lipinski definition) is 3. The SMILES string of the molecule is O=C(CCOc1ccc(Cl)cc1)Nc1cccc(C(=O)O)c1. The maximum absolute atomic E-state index is 11.8. The summed E-state index contributed by atoms with van der Waals surface area (Å²) in [6.45, 7) is 0.214. The zero-order chi connectivity index (χ0) is 15.9. The first-order chi connectivity index (χ1) is 10.5. The number of amides is 1. The Balaban J connectivity index is 1.81. The number of benzene rings is 2. The third-order valence-corrected chi connectivity index (χ3v) is 3.06. The number of carboxylic acids is 1. The van der Waals surface area contributed by atoms with Crippen molar-refractivity contribution in [3.05, 3.63) is 59.1 Å². The fourth-order valence-corrected chi connectivity index (χ4v) is 1.87. The minimum absolute atomic E-state index is 0.121. The number of aromatic carboxylic acids is 1. The van der Waals surface area contributed by atoms with Crippen LogP contribution in [0.3, 0.4) is 0 Å². The monoisotopic (exact) mass is 319 g/mol. The van der Waals surface area contributed by atoms with E-state index < -0.39 is 5.97 Å². The molecule has 0 fully saturated rings. The van der Waals surface area contributed by atoms with Gasteiger partial charge in [-0.2, -0.15) is 0 Å². The van der Waals surface area contributed by atoms with Crippen LogP contribution in [0.2, 0.25) is 5.02 Å². The van der Waals surface area contributed by atoms with Crippen molar-refractivity contribution >= 4 is 29.2 Å². The molecule has 0 atom stereocenters. The third-order valence-electron chi connectivity index (χ3n) is 2.80. The summed E-state index contributed by atoms with van der Waals surface area (Å²) in [6, 6.07) is 12.9. The molecule has 0 aliphatic heterocycles. The minimum atomic E-state index is -1.04. The molecule has 6 heteroatoms. The first kappa shape index (κ1) is 15.9. The predicted molar refractivity (Wildman–Crippen MR) is 83.6 cm³/mol. The maximum atomic E-state index is 11.8. The van der Waals surface area contributed by atoms with Crippen LogP contribution in [-0.4, -0.2) is 23.6 Å². The van der Waals surface area contributed by atoms with E-state index in [0.29, 0.717) is 16.5 Å². The molecule has 2 aromatic rings. The molecule has 2 aromatic carbocycles. The van der Waals surface area contributed by atoms with Crippen LogP contribution in [0, 0.1) is 0 Å². The van der Waals surface area contributed by atoms with Gasteiger partial charge in [-0.05, 0) is 42.5 Å². The summed E-state index contributed by atoms with van der Waals surface area (Å²) in [5.74, 6) is -0.663. The van der Waals surface area contributed by atoms with E-state index >= 15 is 0 Å². The molecule has 0 aromatic heterocycles. The molecule has 2 N–H and O–H groups in total. The number of halogens is 1. The lowest BCUT2D eigenvalue weighted by atomic mass is 10.2. The van der Waals surface area contributed by atoms with Gasteiger partial charge in [-0.15, -0.1) is 0 Å². The highest BCUT2D eigenvalue weighted by molar-refractivity contribution is 6.30. The van der Waals surface area contributed by atoms with Gasteiger partial charge >= 0.3 is 5.97 Å². The Morgan fingerprint density at radius 1 is 1.14 bits per heavy atom. The van der Waals surface area contributed by atoms with Crippen molar-refractivity contribution in [1.29, 1.82) is 0 Å². The van der Waals surface area contributed by atoms with Gasteiger partial charge in [0.15, 0.2) is 0 Å². The molecule has 0 bridgehead atoms. The number of rotatable bonds is 6. The molecule has 1 amide bonds. The second-order valence-electron chi connectivity index (χ2n) is 4.49. The van der Waals surface area contributed by atoms with Crippen LogP contribution in [0.25, 0.3) is 0 Å². The summed E-state index contributed by atoms with van der Waals surface area (Å²) < 4.78 is 5.42. The van der Waals surface area contributed by atoms with Crippen molar-refractivity contribution in [2.24, 2.45) is 0 Å². The van der Waals surface area contributed by atoms with Gasteiger partial charge in [-0.3, -0.25) is 4.79 Å². The van der Waals surface area contributed by atoms with Gasteiger partial charge in [0.1, 0.15) is 5.75 Å². The maximum Gasteiger partial charge on any atom is 0.335 e. The summed E-state index contributed by atoms with van der Waals surface area (Å²) in [6.07, 6.45) is 0.153. The van der Waals surface area contributed by atoms with E-state index in [0.717, 1.165) is 0 Å².